The maximum atomic E-state index is 6.31. The van der Waals surface area contributed by atoms with Crippen LogP contribution in [-0.2, 0) is 11.2 Å². The summed E-state index contributed by atoms with van der Waals surface area (Å²) in [6.07, 6.45) is 0.782. The number of benzene rings is 2. The highest BCUT2D eigenvalue weighted by molar-refractivity contribution is 5.75. The highest BCUT2D eigenvalue weighted by Crippen LogP contribution is 2.43. The van der Waals surface area contributed by atoms with E-state index in [2.05, 4.69) is 17.0 Å². The van der Waals surface area contributed by atoms with Gasteiger partial charge in [-0.15, -0.1) is 0 Å². The second-order valence-corrected chi connectivity index (χ2v) is 7.29. The summed E-state index contributed by atoms with van der Waals surface area (Å²) in [5.41, 5.74) is 11.8. The number of aromatic nitrogens is 1. The molecule has 0 amide bonds. The van der Waals surface area contributed by atoms with E-state index < -0.39 is 0 Å². The van der Waals surface area contributed by atoms with E-state index in [1.165, 1.54) is 0 Å². The Morgan fingerprint density at radius 3 is 2.72 bits per heavy atom. The Bertz CT molecular complexity index is 1060. The van der Waals surface area contributed by atoms with Gasteiger partial charge in [0.1, 0.15) is 11.5 Å². The van der Waals surface area contributed by atoms with Crippen molar-refractivity contribution in [2.75, 3.05) is 44.0 Å². The summed E-state index contributed by atoms with van der Waals surface area (Å²) in [4.78, 5) is 7.01. The van der Waals surface area contributed by atoms with Gasteiger partial charge in [-0.3, -0.25) is 0 Å². The molecule has 0 spiro atoms. The third-order valence-corrected chi connectivity index (χ3v) is 5.42. The third kappa shape index (κ3) is 3.36. The van der Waals surface area contributed by atoms with Crippen LogP contribution in [0.15, 0.2) is 48.5 Å². The molecule has 0 radical (unpaired) electrons. The molecule has 1 aromatic heterocycles. The summed E-state index contributed by atoms with van der Waals surface area (Å²) in [5.74, 6) is 2.28. The molecule has 148 valence electrons. The summed E-state index contributed by atoms with van der Waals surface area (Å²) in [7, 11) is 1.65. The van der Waals surface area contributed by atoms with Crippen LogP contribution in [0.4, 0.5) is 11.4 Å². The molecule has 0 atom stereocenters. The molecule has 0 bridgehead atoms. The second-order valence-electron chi connectivity index (χ2n) is 7.29. The molecular formula is C23H23N3O3. The molecule has 3 heterocycles. The fourth-order valence-electron chi connectivity index (χ4n) is 3.94. The first kappa shape index (κ1) is 17.8. The minimum absolute atomic E-state index is 0.588. The lowest BCUT2D eigenvalue weighted by Gasteiger charge is -2.29. The van der Waals surface area contributed by atoms with Crippen LogP contribution in [0.5, 0.6) is 17.4 Å². The average molecular weight is 389 g/mol. The minimum atomic E-state index is 0.588. The summed E-state index contributed by atoms with van der Waals surface area (Å²) < 4.78 is 17.3. The van der Waals surface area contributed by atoms with Crippen LogP contribution < -0.4 is 20.1 Å². The van der Waals surface area contributed by atoms with Gasteiger partial charge in [0.05, 0.1) is 26.0 Å². The summed E-state index contributed by atoms with van der Waals surface area (Å²) in [5, 5.41) is 0. The standard InChI is InChI=1S/C23H23N3O3/c1-27-22-14-18(26-7-9-28-10-8-26)13-20(25-22)19-4-2-3-15-11-16-12-17(24)5-6-21(16)29-23(15)19/h2-6,12-14H,7-11,24H2,1H3. The van der Waals surface area contributed by atoms with Gasteiger partial charge < -0.3 is 24.8 Å². The lowest BCUT2D eigenvalue weighted by atomic mass is 9.96. The highest BCUT2D eigenvalue weighted by Gasteiger charge is 2.22. The number of methoxy groups -OCH3 is 1. The first-order chi connectivity index (χ1) is 14.2. The van der Waals surface area contributed by atoms with Gasteiger partial charge in [0.2, 0.25) is 5.88 Å². The Morgan fingerprint density at radius 2 is 1.90 bits per heavy atom. The predicted molar refractivity (Wildman–Crippen MR) is 113 cm³/mol. The van der Waals surface area contributed by atoms with Crippen LogP contribution in [0.25, 0.3) is 11.3 Å². The Balaban J connectivity index is 1.58. The van der Waals surface area contributed by atoms with Crippen LogP contribution in [-0.4, -0.2) is 38.4 Å². The summed E-state index contributed by atoms with van der Waals surface area (Å²) >= 11 is 0. The Morgan fingerprint density at radius 1 is 1.03 bits per heavy atom. The number of pyridine rings is 1. The number of ether oxygens (including phenoxy) is 3. The molecule has 5 rings (SSSR count). The zero-order chi connectivity index (χ0) is 19.8. The summed E-state index contributed by atoms with van der Waals surface area (Å²) in [6.45, 7) is 3.16. The van der Waals surface area contributed by atoms with E-state index in [0.717, 1.165) is 78.0 Å². The molecule has 3 aromatic rings. The number of nitrogens with two attached hydrogens (primary N) is 1. The molecule has 0 unspecified atom stereocenters. The zero-order valence-corrected chi connectivity index (χ0v) is 16.4. The van der Waals surface area contributed by atoms with E-state index >= 15 is 0 Å². The SMILES string of the molecule is COc1cc(N2CCOCC2)cc(-c2cccc3c2Oc2ccc(N)cc2C3)n1. The third-order valence-electron chi connectivity index (χ3n) is 5.42. The Labute approximate surface area is 169 Å². The molecule has 6 heteroatoms. The topological polar surface area (TPSA) is 69.8 Å². The fraction of sp³-hybridized carbons (Fsp3) is 0.261. The van der Waals surface area contributed by atoms with Crippen molar-refractivity contribution in [1.29, 1.82) is 0 Å². The van der Waals surface area contributed by atoms with Crippen molar-refractivity contribution >= 4 is 11.4 Å². The lowest BCUT2D eigenvalue weighted by molar-refractivity contribution is 0.122. The van der Waals surface area contributed by atoms with E-state index in [-0.39, 0.29) is 0 Å². The van der Waals surface area contributed by atoms with Crippen LogP contribution in [0, 0.1) is 0 Å². The minimum Gasteiger partial charge on any atom is -0.481 e. The molecule has 2 aliphatic heterocycles. The monoisotopic (exact) mass is 389 g/mol. The van der Waals surface area contributed by atoms with E-state index in [1.807, 2.05) is 36.4 Å². The van der Waals surface area contributed by atoms with Crippen LogP contribution in [0.2, 0.25) is 0 Å². The number of hydrogen-bond donors (Lipinski definition) is 1. The smallest absolute Gasteiger partial charge is 0.215 e. The lowest BCUT2D eigenvalue weighted by Crippen LogP contribution is -2.36. The highest BCUT2D eigenvalue weighted by atomic mass is 16.5. The molecule has 2 aromatic carbocycles. The molecule has 29 heavy (non-hydrogen) atoms. The fourth-order valence-corrected chi connectivity index (χ4v) is 3.94. The predicted octanol–water partition coefficient (Wildman–Crippen LogP) is 3.87. The van der Waals surface area contributed by atoms with Gasteiger partial charge >= 0.3 is 0 Å². The largest absolute Gasteiger partial charge is 0.481 e. The van der Waals surface area contributed by atoms with Crippen molar-refractivity contribution in [2.24, 2.45) is 0 Å². The maximum Gasteiger partial charge on any atom is 0.215 e. The van der Waals surface area contributed by atoms with Crippen molar-refractivity contribution in [3.8, 4) is 28.6 Å². The number of hydrogen-bond acceptors (Lipinski definition) is 6. The number of nitrogens with zero attached hydrogens (tertiary/aromatic N) is 2. The van der Waals surface area contributed by atoms with Crippen LogP contribution in [0.1, 0.15) is 11.1 Å². The first-order valence-electron chi connectivity index (χ1n) is 9.78. The molecule has 1 fully saturated rings. The number of morpholine rings is 1. The van der Waals surface area contributed by atoms with E-state index in [1.54, 1.807) is 7.11 Å². The molecule has 6 nitrogen and oxygen atoms in total. The quantitative estimate of drug-likeness (QED) is 0.537. The van der Waals surface area contributed by atoms with Gasteiger partial charge in [-0.25, -0.2) is 4.98 Å². The average Bonchev–Trinajstić information content (AvgIpc) is 2.77. The zero-order valence-electron chi connectivity index (χ0n) is 16.4. The number of rotatable bonds is 3. The van der Waals surface area contributed by atoms with Crippen molar-refractivity contribution < 1.29 is 14.2 Å². The van der Waals surface area contributed by atoms with Gasteiger partial charge in [0.15, 0.2) is 0 Å². The number of para-hydroxylation sites is 1. The number of nitrogen functional groups attached to an aromatic ring is 1. The van der Waals surface area contributed by atoms with Gasteiger partial charge in [-0.05, 0) is 30.3 Å². The van der Waals surface area contributed by atoms with Gasteiger partial charge in [-0.2, -0.15) is 0 Å². The summed E-state index contributed by atoms with van der Waals surface area (Å²) in [6, 6.07) is 16.0. The van der Waals surface area contributed by atoms with E-state index in [0.29, 0.717) is 5.88 Å². The van der Waals surface area contributed by atoms with E-state index in [4.69, 9.17) is 24.9 Å². The number of anilines is 2. The molecule has 0 saturated carbocycles. The van der Waals surface area contributed by atoms with Gasteiger partial charge in [0, 0.05) is 53.6 Å². The Hall–Kier alpha value is -3.25. The van der Waals surface area contributed by atoms with Crippen molar-refractivity contribution in [3.05, 3.63) is 59.7 Å². The molecule has 2 N–H and O–H groups in total. The number of fused-ring (bicyclic) bond motifs is 2. The van der Waals surface area contributed by atoms with E-state index in [9.17, 15) is 0 Å². The maximum absolute atomic E-state index is 6.31. The normalized spacial score (nSPS) is 15.3. The van der Waals surface area contributed by atoms with Crippen molar-refractivity contribution in [3.63, 3.8) is 0 Å². The molecular weight excluding hydrogens is 366 g/mol. The van der Waals surface area contributed by atoms with Crippen molar-refractivity contribution in [2.45, 2.75) is 6.42 Å². The molecule has 2 aliphatic rings. The Kier molecular flexibility index (Phi) is 4.48. The van der Waals surface area contributed by atoms with Crippen LogP contribution in [0.3, 0.4) is 0 Å². The molecule has 1 saturated heterocycles. The molecule has 0 aliphatic carbocycles. The van der Waals surface area contributed by atoms with Gasteiger partial charge in [-0.1, -0.05) is 12.1 Å². The first-order valence-corrected chi connectivity index (χ1v) is 9.78. The van der Waals surface area contributed by atoms with Crippen molar-refractivity contribution in [1.82, 2.24) is 4.98 Å². The van der Waals surface area contributed by atoms with Crippen LogP contribution >= 0.6 is 0 Å². The second kappa shape index (κ2) is 7.29. The van der Waals surface area contributed by atoms with Gasteiger partial charge in [0.25, 0.3) is 0 Å².